The van der Waals surface area contributed by atoms with Crippen LogP contribution in [0.4, 0.5) is 5.69 Å². The molecule has 0 radical (unpaired) electrons. The van der Waals surface area contributed by atoms with Crippen LogP contribution in [0.2, 0.25) is 0 Å². The summed E-state index contributed by atoms with van der Waals surface area (Å²) in [5.74, 6) is -1.31. The average molecular weight is 455 g/mol. The Labute approximate surface area is 157 Å². The fourth-order valence-corrected chi connectivity index (χ4v) is 3.34. The van der Waals surface area contributed by atoms with E-state index in [1.807, 2.05) is 28.7 Å². The summed E-state index contributed by atoms with van der Waals surface area (Å²) in [5.41, 5.74) is 6.47. The van der Waals surface area contributed by atoms with E-state index in [0.29, 0.717) is 9.13 Å². The first-order valence-electron chi connectivity index (χ1n) is 7.21. The quantitative estimate of drug-likeness (QED) is 0.320. The first-order valence-corrected chi connectivity index (χ1v) is 8.29. The van der Waals surface area contributed by atoms with Crippen molar-refractivity contribution in [2.24, 2.45) is 5.73 Å². The predicted molar refractivity (Wildman–Crippen MR) is 95.8 cm³/mol. The van der Waals surface area contributed by atoms with Crippen molar-refractivity contribution in [1.29, 1.82) is 5.26 Å². The molecule has 0 amide bonds. The van der Waals surface area contributed by atoms with E-state index in [1.165, 1.54) is 18.2 Å². The number of nitriles is 1. The van der Waals surface area contributed by atoms with Crippen molar-refractivity contribution < 1.29 is 19.2 Å². The molecule has 0 saturated carbocycles. The maximum Gasteiger partial charge on any atom is 0.338 e. The summed E-state index contributed by atoms with van der Waals surface area (Å²) in [5, 5.41) is 20.4. The van der Waals surface area contributed by atoms with Crippen molar-refractivity contribution in [2.75, 3.05) is 6.61 Å². The second-order valence-corrected chi connectivity index (χ2v) is 6.24. The number of esters is 1. The molecular formula is C16H14IN3O5. The summed E-state index contributed by atoms with van der Waals surface area (Å²) < 4.78 is 10.9. The molecule has 8 nitrogen and oxygen atoms in total. The normalized spacial score (nSPS) is 17.0. The zero-order chi connectivity index (χ0) is 18.7. The predicted octanol–water partition coefficient (Wildman–Crippen LogP) is 2.84. The van der Waals surface area contributed by atoms with E-state index in [-0.39, 0.29) is 35.1 Å². The van der Waals surface area contributed by atoms with Gasteiger partial charge in [-0.15, -0.1) is 0 Å². The largest absolute Gasteiger partial charge is 0.463 e. The van der Waals surface area contributed by atoms with Gasteiger partial charge in [0.25, 0.3) is 5.69 Å². The van der Waals surface area contributed by atoms with Gasteiger partial charge >= 0.3 is 5.97 Å². The van der Waals surface area contributed by atoms with Crippen molar-refractivity contribution in [1.82, 2.24) is 0 Å². The zero-order valence-electron chi connectivity index (χ0n) is 13.4. The van der Waals surface area contributed by atoms with Crippen LogP contribution in [0.5, 0.6) is 0 Å². The summed E-state index contributed by atoms with van der Waals surface area (Å²) in [6, 6.07) is 6.16. The molecule has 25 heavy (non-hydrogen) atoms. The lowest BCUT2D eigenvalue weighted by molar-refractivity contribution is -0.385. The second kappa shape index (κ2) is 7.52. The number of nitrogens with zero attached hydrogens (tertiary/aromatic N) is 2. The molecule has 1 heterocycles. The van der Waals surface area contributed by atoms with Crippen LogP contribution in [0.1, 0.15) is 25.3 Å². The summed E-state index contributed by atoms with van der Waals surface area (Å²) in [6.45, 7) is 3.37. The van der Waals surface area contributed by atoms with E-state index >= 15 is 0 Å². The molecule has 0 aromatic heterocycles. The van der Waals surface area contributed by atoms with Gasteiger partial charge in [0, 0.05) is 15.7 Å². The third-order valence-corrected chi connectivity index (χ3v) is 4.54. The number of hydrogen-bond acceptors (Lipinski definition) is 7. The van der Waals surface area contributed by atoms with Crippen molar-refractivity contribution >= 4 is 34.2 Å². The molecule has 130 valence electrons. The van der Waals surface area contributed by atoms with Crippen LogP contribution >= 0.6 is 22.6 Å². The van der Waals surface area contributed by atoms with Gasteiger partial charge in [-0.25, -0.2) is 4.79 Å². The van der Waals surface area contributed by atoms with Crippen LogP contribution < -0.4 is 5.73 Å². The third kappa shape index (κ3) is 3.58. The maximum absolute atomic E-state index is 12.4. The number of carbonyl (C=O) groups excluding carboxylic acids is 1. The number of nitrogens with two attached hydrogens (primary N) is 1. The Morgan fingerprint density at radius 2 is 2.24 bits per heavy atom. The Morgan fingerprint density at radius 1 is 1.56 bits per heavy atom. The molecule has 0 fully saturated rings. The number of hydrogen-bond donors (Lipinski definition) is 1. The first-order chi connectivity index (χ1) is 11.8. The average Bonchev–Trinajstić information content (AvgIpc) is 2.54. The Balaban J connectivity index is 2.67. The van der Waals surface area contributed by atoms with E-state index in [4.69, 9.17) is 15.2 Å². The fraction of sp³-hybridized carbons (Fsp3) is 0.250. The molecule has 2 N–H and O–H groups in total. The standard InChI is InChI=1S/C16H14IN3O5/c1-3-24-16(21)13-8(2)25-15(19)11(7-18)14(13)10-5-4-9(20(22)23)6-12(10)17/h4-6,14H,3,19H2,1-2H3. The van der Waals surface area contributed by atoms with Gasteiger partial charge < -0.3 is 15.2 Å². The van der Waals surface area contributed by atoms with Gasteiger partial charge in [0.05, 0.1) is 23.0 Å². The van der Waals surface area contributed by atoms with Crippen LogP contribution in [-0.2, 0) is 14.3 Å². The van der Waals surface area contributed by atoms with Crippen molar-refractivity contribution in [2.45, 2.75) is 19.8 Å². The maximum atomic E-state index is 12.4. The highest BCUT2D eigenvalue weighted by molar-refractivity contribution is 14.1. The SMILES string of the molecule is CCOC(=O)C1=C(C)OC(N)=C(C#N)C1c1ccc([N+](=O)[O-])cc1I. The highest BCUT2D eigenvalue weighted by Crippen LogP contribution is 2.41. The van der Waals surface area contributed by atoms with Gasteiger partial charge in [0.2, 0.25) is 5.88 Å². The van der Waals surface area contributed by atoms with Crippen molar-refractivity contribution in [3.05, 3.63) is 60.2 Å². The smallest absolute Gasteiger partial charge is 0.338 e. The number of nitro benzene ring substituents is 1. The number of carbonyl (C=O) groups is 1. The van der Waals surface area contributed by atoms with Crippen LogP contribution in [-0.4, -0.2) is 17.5 Å². The Bertz CT molecular complexity index is 854. The minimum Gasteiger partial charge on any atom is -0.463 e. The lowest BCUT2D eigenvalue weighted by atomic mass is 9.83. The molecule has 1 aromatic rings. The molecule has 2 rings (SSSR count). The monoisotopic (exact) mass is 455 g/mol. The first kappa shape index (κ1) is 18.7. The number of benzene rings is 1. The van der Waals surface area contributed by atoms with Crippen molar-refractivity contribution in [3.63, 3.8) is 0 Å². The molecule has 0 spiro atoms. The summed E-state index contributed by atoms with van der Waals surface area (Å²) in [4.78, 5) is 22.8. The van der Waals surface area contributed by atoms with Crippen molar-refractivity contribution in [3.8, 4) is 6.07 Å². The fourth-order valence-electron chi connectivity index (χ4n) is 2.53. The lowest BCUT2D eigenvalue weighted by Gasteiger charge is -2.27. The van der Waals surface area contributed by atoms with Gasteiger partial charge in [-0.3, -0.25) is 10.1 Å². The second-order valence-electron chi connectivity index (χ2n) is 5.08. The summed E-state index contributed by atoms with van der Waals surface area (Å²) >= 11 is 1.92. The number of non-ortho nitro benzene ring substituents is 1. The highest BCUT2D eigenvalue weighted by Gasteiger charge is 2.37. The molecule has 0 aliphatic carbocycles. The Hall–Kier alpha value is -2.61. The molecule has 1 aromatic carbocycles. The summed E-state index contributed by atoms with van der Waals surface area (Å²) in [6.07, 6.45) is 0. The van der Waals surface area contributed by atoms with E-state index in [1.54, 1.807) is 13.8 Å². The number of halogens is 1. The van der Waals surface area contributed by atoms with Crippen LogP contribution in [0.15, 0.2) is 41.0 Å². The van der Waals surface area contributed by atoms with Gasteiger partial charge in [-0.1, -0.05) is 6.07 Å². The lowest BCUT2D eigenvalue weighted by Crippen LogP contribution is -2.26. The topological polar surface area (TPSA) is 128 Å². The molecule has 1 aliphatic heterocycles. The summed E-state index contributed by atoms with van der Waals surface area (Å²) in [7, 11) is 0. The van der Waals surface area contributed by atoms with E-state index in [9.17, 15) is 20.2 Å². The molecule has 1 unspecified atom stereocenters. The highest BCUT2D eigenvalue weighted by atomic mass is 127. The molecule has 1 aliphatic rings. The molecule has 1 atom stereocenters. The Kier molecular flexibility index (Phi) is 5.63. The van der Waals surface area contributed by atoms with Gasteiger partial charge in [-0.2, -0.15) is 5.26 Å². The van der Waals surface area contributed by atoms with Crippen LogP contribution in [0.3, 0.4) is 0 Å². The molecular weight excluding hydrogens is 441 g/mol. The number of allylic oxidation sites excluding steroid dienone is 2. The zero-order valence-corrected chi connectivity index (χ0v) is 15.6. The van der Waals surface area contributed by atoms with E-state index in [2.05, 4.69) is 0 Å². The Morgan fingerprint density at radius 3 is 2.76 bits per heavy atom. The number of ether oxygens (including phenoxy) is 2. The number of rotatable bonds is 4. The minimum absolute atomic E-state index is 0.0559. The third-order valence-electron chi connectivity index (χ3n) is 3.61. The van der Waals surface area contributed by atoms with E-state index in [0.717, 1.165) is 0 Å². The minimum atomic E-state index is -0.814. The number of nitro groups is 1. The van der Waals surface area contributed by atoms with Crippen LogP contribution in [0.25, 0.3) is 0 Å². The van der Waals surface area contributed by atoms with Gasteiger partial charge in [0.15, 0.2) is 0 Å². The molecule has 0 bridgehead atoms. The van der Waals surface area contributed by atoms with Gasteiger partial charge in [-0.05, 0) is 42.0 Å². The van der Waals surface area contributed by atoms with Gasteiger partial charge in [0.1, 0.15) is 17.4 Å². The van der Waals surface area contributed by atoms with E-state index < -0.39 is 16.8 Å². The van der Waals surface area contributed by atoms with Crippen LogP contribution in [0, 0.1) is 25.0 Å². The molecule has 9 heteroatoms. The molecule has 0 saturated heterocycles.